The minimum absolute atomic E-state index is 0.137. The van der Waals surface area contributed by atoms with E-state index in [0.717, 1.165) is 38.8 Å². The molecule has 1 N–H and O–H groups in total. The maximum Gasteiger partial charge on any atom is 0.244 e. The number of amides is 1. The van der Waals surface area contributed by atoms with Crippen LogP contribution >= 0.6 is 0 Å². The van der Waals surface area contributed by atoms with Gasteiger partial charge in [0.25, 0.3) is 0 Å². The minimum Gasteiger partial charge on any atom is -0.324 e. The summed E-state index contributed by atoms with van der Waals surface area (Å²) in [5.41, 5.74) is -0.137. The Bertz CT molecular complexity index is 334. The van der Waals surface area contributed by atoms with Crippen LogP contribution < -0.4 is 5.32 Å². The van der Waals surface area contributed by atoms with Crippen molar-refractivity contribution >= 4 is 5.91 Å². The van der Waals surface area contributed by atoms with Crippen molar-refractivity contribution in [3.05, 3.63) is 0 Å². The zero-order valence-electron chi connectivity index (χ0n) is 12.2. The van der Waals surface area contributed by atoms with Crippen LogP contribution in [0.4, 0.5) is 0 Å². The van der Waals surface area contributed by atoms with Crippen LogP contribution in [0.25, 0.3) is 0 Å². The predicted molar refractivity (Wildman–Crippen MR) is 75.8 cm³/mol. The van der Waals surface area contributed by atoms with Gasteiger partial charge < -0.3 is 9.80 Å². The Morgan fingerprint density at radius 2 is 1.95 bits per heavy atom. The van der Waals surface area contributed by atoms with E-state index < -0.39 is 0 Å². The number of carbonyl (C=O) groups is 1. The summed E-state index contributed by atoms with van der Waals surface area (Å²) in [5.74, 6) is 0.378. The Morgan fingerprint density at radius 3 is 2.58 bits per heavy atom. The number of rotatable bonds is 5. The normalized spacial score (nSPS) is 30.3. The lowest BCUT2D eigenvalue weighted by Crippen LogP contribution is -2.43. The van der Waals surface area contributed by atoms with Crippen LogP contribution in [0.2, 0.25) is 0 Å². The highest BCUT2D eigenvalue weighted by molar-refractivity contribution is 5.91. The molecule has 1 saturated carbocycles. The zero-order chi connectivity index (χ0) is 13.3. The van der Waals surface area contributed by atoms with E-state index in [0.29, 0.717) is 12.1 Å². The Kier molecular flexibility index (Phi) is 3.81. The maximum absolute atomic E-state index is 12.5. The topological polar surface area (TPSA) is 35.6 Å². The standard InChI is InChI=1S/C15H27N3O/c1-2-6-13-16-15(7-8-15)14(19)18(13)12-11-17-9-4-3-5-10-17/h13,16H,2-12H2,1H3. The second-order valence-electron chi connectivity index (χ2n) is 6.43. The average Bonchev–Trinajstić information content (AvgIpc) is 3.15. The van der Waals surface area contributed by atoms with Crippen molar-refractivity contribution in [2.24, 2.45) is 0 Å². The van der Waals surface area contributed by atoms with Gasteiger partial charge in [0.2, 0.25) is 5.91 Å². The van der Waals surface area contributed by atoms with Crippen molar-refractivity contribution in [3.63, 3.8) is 0 Å². The second kappa shape index (κ2) is 5.41. The third kappa shape index (κ3) is 2.65. The van der Waals surface area contributed by atoms with Gasteiger partial charge in [0.1, 0.15) is 0 Å². The molecule has 4 nitrogen and oxygen atoms in total. The molecular formula is C15H27N3O. The summed E-state index contributed by atoms with van der Waals surface area (Å²) >= 11 is 0. The van der Waals surface area contributed by atoms with Gasteiger partial charge in [-0.25, -0.2) is 0 Å². The number of carbonyl (C=O) groups excluding carboxylic acids is 1. The molecule has 0 bridgehead atoms. The summed E-state index contributed by atoms with van der Waals surface area (Å²) < 4.78 is 0. The van der Waals surface area contributed by atoms with E-state index in [1.165, 1.54) is 32.4 Å². The molecule has 0 aromatic carbocycles. The first-order valence-electron chi connectivity index (χ1n) is 8.06. The first-order valence-corrected chi connectivity index (χ1v) is 8.06. The quantitative estimate of drug-likeness (QED) is 0.819. The third-order valence-electron chi connectivity index (χ3n) is 4.91. The summed E-state index contributed by atoms with van der Waals surface area (Å²) in [4.78, 5) is 17.1. The van der Waals surface area contributed by atoms with Crippen LogP contribution in [0.15, 0.2) is 0 Å². The van der Waals surface area contributed by atoms with Crippen molar-refractivity contribution < 1.29 is 4.79 Å². The van der Waals surface area contributed by atoms with Gasteiger partial charge in [-0.3, -0.25) is 10.1 Å². The fourth-order valence-electron chi connectivity index (χ4n) is 3.55. The van der Waals surface area contributed by atoms with Gasteiger partial charge >= 0.3 is 0 Å². The van der Waals surface area contributed by atoms with Gasteiger partial charge in [-0.15, -0.1) is 0 Å². The summed E-state index contributed by atoms with van der Waals surface area (Å²) in [6, 6.07) is 0. The molecule has 108 valence electrons. The fraction of sp³-hybridized carbons (Fsp3) is 0.933. The van der Waals surface area contributed by atoms with E-state index in [-0.39, 0.29) is 5.54 Å². The molecule has 0 aromatic heterocycles. The molecule has 3 fully saturated rings. The van der Waals surface area contributed by atoms with Crippen molar-refractivity contribution in [1.82, 2.24) is 15.1 Å². The summed E-state index contributed by atoms with van der Waals surface area (Å²) in [6.07, 6.45) is 8.66. The molecule has 1 spiro atoms. The van der Waals surface area contributed by atoms with Crippen molar-refractivity contribution in [2.75, 3.05) is 26.2 Å². The molecule has 1 unspecified atom stereocenters. The number of nitrogens with one attached hydrogen (secondary N) is 1. The van der Waals surface area contributed by atoms with Crippen molar-refractivity contribution in [1.29, 1.82) is 0 Å². The molecule has 0 aromatic rings. The molecule has 1 aliphatic carbocycles. The molecule has 2 heterocycles. The molecule has 2 aliphatic heterocycles. The molecular weight excluding hydrogens is 238 g/mol. The van der Waals surface area contributed by atoms with E-state index in [1.54, 1.807) is 0 Å². The van der Waals surface area contributed by atoms with Crippen LogP contribution in [0.3, 0.4) is 0 Å². The van der Waals surface area contributed by atoms with E-state index >= 15 is 0 Å². The monoisotopic (exact) mass is 265 g/mol. The van der Waals surface area contributed by atoms with Gasteiger partial charge in [0.15, 0.2) is 0 Å². The second-order valence-corrected chi connectivity index (χ2v) is 6.43. The summed E-state index contributed by atoms with van der Waals surface area (Å²) in [7, 11) is 0. The fourth-order valence-corrected chi connectivity index (χ4v) is 3.55. The molecule has 3 aliphatic rings. The highest BCUT2D eigenvalue weighted by atomic mass is 16.2. The highest BCUT2D eigenvalue weighted by Gasteiger charge is 2.58. The predicted octanol–water partition coefficient (Wildman–Crippen LogP) is 1.56. The third-order valence-corrected chi connectivity index (χ3v) is 4.91. The maximum atomic E-state index is 12.5. The number of nitrogens with zero attached hydrogens (tertiary/aromatic N) is 2. The number of likely N-dealkylation sites (tertiary alicyclic amines) is 1. The molecule has 3 rings (SSSR count). The number of hydrogen-bond donors (Lipinski definition) is 1. The molecule has 4 heteroatoms. The molecule has 1 amide bonds. The molecule has 19 heavy (non-hydrogen) atoms. The molecule has 1 atom stereocenters. The van der Waals surface area contributed by atoms with E-state index in [9.17, 15) is 4.79 Å². The zero-order valence-corrected chi connectivity index (χ0v) is 12.2. The van der Waals surface area contributed by atoms with Crippen LogP contribution in [0.5, 0.6) is 0 Å². The number of piperidine rings is 1. The largest absolute Gasteiger partial charge is 0.324 e. The molecule has 0 radical (unpaired) electrons. The Morgan fingerprint density at radius 1 is 1.21 bits per heavy atom. The molecule has 2 saturated heterocycles. The van der Waals surface area contributed by atoms with Crippen LogP contribution in [0.1, 0.15) is 51.9 Å². The minimum atomic E-state index is -0.137. The lowest BCUT2D eigenvalue weighted by atomic mass is 10.1. The van der Waals surface area contributed by atoms with Crippen LogP contribution in [-0.4, -0.2) is 53.6 Å². The van der Waals surface area contributed by atoms with E-state index in [1.807, 2.05) is 0 Å². The number of hydrogen-bond acceptors (Lipinski definition) is 3. The first kappa shape index (κ1) is 13.4. The first-order chi connectivity index (χ1) is 9.25. The van der Waals surface area contributed by atoms with E-state index in [2.05, 4.69) is 22.0 Å². The smallest absolute Gasteiger partial charge is 0.244 e. The van der Waals surface area contributed by atoms with Crippen LogP contribution in [0, 0.1) is 0 Å². The summed E-state index contributed by atoms with van der Waals surface area (Å²) in [6.45, 7) is 6.62. The van der Waals surface area contributed by atoms with Crippen molar-refractivity contribution in [2.45, 2.75) is 63.6 Å². The SMILES string of the molecule is CCCC1NC2(CC2)C(=O)N1CCN1CCCCC1. The van der Waals surface area contributed by atoms with Gasteiger partial charge in [0.05, 0.1) is 11.7 Å². The van der Waals surface area contributed by atoms with Gasteiger partial charge in [-0.1, -0.05) is 19.8 Å². The Hall–Kier alpha value is -0.610. The van der Waals surface area contributed by atoms with Gasteiger partial charge in [0, 0.05) is 13.1 Å². The van der Waals surface area contributed by atoms with Gasteiger partial charge in [-0.05, 0) is 45.2 Å². The van der Waals surface area contributed by atoms with Crippen molar-refractivity contribution in [3.8, 4) is 0 Å². The lowest BCUT2D eigenvalue weighted by Gasteiger charge is -2.30. The highest BCUT2D eigenvalue weighted by Crippen LogP contribution is 2.42. The average molecular weight is 265 g/mol. The van der Waals surface area contributed by atoms with Crippen LogP contribution in [-0.2, 0) is 4.79 Å². The summed E-state index contributed by atoms with van der Waals surface area (Å²) in [5, 5.41) is 3.59. The Balaban J connectivity index is 1.56. The Labute approximate surface area is 116 Å². The lowest BCUT2D eigenvalue weighted by molar-refractivity contribution is -0.131. The van der Waals surface area contributed by atoms with E-state index in [4.69, 9.17) is 0 Å². The van der Waals surface area contributed by atoms with Gasteiger partial charge in [-0.2, -0.15) is 0 Å².